The first kappa shape index (κ1) is 15.7. The minimum atomic E-state index is 0.825. The van der Waals surface area contributed by atoms with Gasteiger partial charge in [-0.1, -0.05) is 12.1 Å². The molecule has 5 nitrogen and oxygen atoms in total. The van der Waals surface area contributed by atoms with E-state index < -0.39 is 0 Å². The van der Waals surface area contributed by atoms with Gasteiger partial charge in [-0.2, -0.15) is 4.98 Å². The quantitative estimate of drug-likeness (QED) is 0.944. The molecule has 0 spiro atoms. The van der Waals surface area contributed by atoms with Crippen molar-refractivity contribution in [1.82, 2.24) is 14.9 Å². The van der Waals surface area contributed by atoms with Crippen molar-refractivity contribution >= 4 is 17.5 Å². The molecule has 0 aliphatic carbocycles. The Labute approximate surface area is 138 Å². The lowest BCUT2D eigenvalue weighted by Crippen LogP contribution is -2.45. The number of hydrogen-bond donors (Lipinski definition) is 1. The van der Waals surface area contributed by atoms with Gasteiger partial charge in [0, 0.05) is 43.6 Å². The summed E-state index contributed by atoms with van der Waals surface area (Å²) in [6, 6.07) is 8.29. The molecule has 3 rings (SSSR count). The van der Waals surface area contributed by atoms with Gasteiger partial charge in [0.2, 0.25) is 5.95 Å². The van der Waals surface area contributed by atoms with E-state index in [-0.39, 0.29) is 0 Å². The number of piperazine rings is 1. The molecule has 2 aromatic rings. The maximum atomic E-state index is 4.73. The topological polar surface area (TPSA) is 44.3 Å². The first-order chi connectivity index (χ1) is 11.0. The number of likely N-dealkylation sites (N-methyl/N-ethyl adjacent to an activating group) is 1. The number of hydrogen-bond acceptors (Lipinski definition) is 5. The van der Waals surface area contributed by atoms with Crippen LogP contribution in [0, 0.1) is 20.8 Å². The molecule has 1 aromatic heterocycles. The molecule has 0 amide bonds. The van der Waals surface area contributed by atoms with Crippen LogP contribution in [0.25, 0.3) is 0 Å². The summed E-state index contributed by atoms with van der Waals surface area (Å²) in [4.78, 5) is 14.0. The molecule has 0 saturated carbocycles. The van der Waals surface area contributed by atoms with Crippen LogP contribution in [0.2, 0.25) is 0 Å². The van der Waals surface area contributed by atoms with Gasteiger partial charge in [0.1, 0.15) is 5.82 Å². The van der Waals surface area contributed by atoms with E-state index in [4.69, 9.17) is 4.98 Å². The molecule has 1 N–H and O–H groups in total. The number of nitrogens with one attached hydrogen (secondary N) is 1. The highest BCUT2D eigenvalue weighted by molar-refractivity contribution is 5.63. The lowest BCUT2D eigenvalue weighted by molar-refractivity contribution is 0.311. The third-order valence-corrected chi connectivity index (χ3v) is 4.50. The second-order valence-electron chi connectivity index (χ2n) is 6.36. The molecule has 1 aliphatic heterocycles. The Morgan fingerprint density at radius 3 is 2.48 bits per heavy atom. The van der Waals surface area contributed by atoms with Gasteiger partial charge in [-0.15, -0.1) is 0 Å². The van der Waals surface area contributed by atoms with E-state index in [2.05, 4.69) is 59.2 Å². The van der Waals surface area contributed by atoms with Crippen LogP contribution in [-0.4, -0.2) is 48.1 Å². The van der Waals surface area contributed by atoms with E-state index in [1.54, 1.807) is 0 Å². The predicted octanol–water partition coefficient (Wildman–Crippen LogP) is 2.90. The molecule has 0 bridgehead atoms. The minimum absolute atomic E-state index is 0.825. The van der Waals surface area contributed by atoms with Crippen LogP contribution >= 0.6 is 0 Å². The summed E-state index contributed by atoms with van der Waals surface area (Å²) in [6.45, 7) is 10.3. The average Bonchev–Trinajstić information content (AvgIpc) is 2.52. The van der Waals surface area contributed by atoms with Crippen molar-refractivity contribution < 1.29 is 0 Å². The summed E-state index contributed by atoms with van der Waals surface area (Å²) in [5, 5.41) is 3.45. The fourth-order valence-electron chi connectivity index (χ4n) is 2.79. The molecule has 0 radical (unpaired) electrons. The maximum Gasteiger partial charge on any atom is 0.227 e. The molecule has 0 atom stereocenters. The SMILES string of the molecule is Cc1cc(Nc2cccc(C)c2C)nc(N2CCN(C)CC2)n1. The molecule has 5 heteroatoms. The fraction of sp³-hybridized carbons (Fsp3) is 0.444. The van der Waals surface area contributed by atoms with Crippen molar-refractivity contribution in [2.75, 3.05) is 43.4 Å². The number of anilines is 3. The number of rotatable bonds is 3. The zero-order valence-electron chi connectivity index (χ0n) is 14.4. The van der Waals surface area contributed by atoms with Gasteiger partial charge >= 0.3 is 0 Å². The van der Waals surface area contributed by atoms with E-state index in [9.17, 15) is 0 Å². The number of benzene rings is 1. The highest BCUT2D eigenvalue weighted by atomic mass is 15.3. The monoisotopic (exact) mass is 311 g/mol. The Bertz CT molecular complexity index is 690. The third kappa shape index (κ3) is 3.62. The number of aryl methyl sites for hydroxylation is 2. The van der Waals surface area contributed by atoms with Crippen molar-refractivity contribution in [2.24, 2.45) is 0 Å². The van der Waals surface area contributed by atoms with Crippen LogP contribution in [0.1, 0.15) is 16.8 Å². The number of aromatic nitrogens is 2. The summed E-state index contributed by atoms with van der Waals surface area (Å²) in [5.41, 5.74) is 4.62. The van der Waals surface area contributed by atoms with Gasteiger partial charge in [-0.3, -0.25) is 0 Å². The average molecular weight is 311 g/mol. The van der Waals surface area contributed by atoms with Crippen LogP contribution in [-0.2, 0) is 0 Å². The molecule has 1 aliphatic rings. The zero-order valence-corrected chi connectivity index (χ0v) is 14.4. The van der Waals surface area contributed by atoms with Crippen molar-refractivity contribution in [1.29, 1.82) is 0 Å². The smallest absolute Gasteiger partial charge is 0.227 e. The van der Waals surface area contributed by atoms with Gasteiger partial charge in [0.15, 0.2) is 0 Å². The lowest BCUT2D eigenvalue weighted by Gasteiger charge is -2.32. The standard InChI is InChI=1S/C18H25N5/c1-13-6-5-7-16(15(13)3)20-17-12-14(2)19-18(21-17)23-10-8-22(4)9-11-23/h5-7,12H,8-11H2,1-4H3,(H,19,20,21). The largest absolute Gasteiger partial charge is 0.340 e. The molecule has 2 heterocycles. The molecular formula is C18H25N5. The Morgan fingerprint density at radius 1 is 1.00 bits per heavy atom. The van der Waals surface area contributed by atoms with E-state index in [0.29, 0.717) is 0 Å². The van der Waals surface area contributed by atoms with Crippen LogP contribution in [0.3, 0.4) is 0 Å². The van der Waals surface area contributed by atoms with E-state index in [0.717, 1.165) is 49.3 Å². The molecule has 1 fully saturated rings. The Hall–Kier alpha value is -2.14. The fourth-order valence-corrected chi connectivity index (χ4v) is 2.79. The van der Waals surface area contributed by atoms with Crippen LogP contribution in [0.15, 0.2) is 24.3 Å². The van der Waals surface area contributed by atoms with Gasteiger partial charge in [0.25, 0.3) is 0 Å². The van der Waals surface area contributed by atoms with Crippen LogP contribution in [0.4, 0.5) is 17.5 Å². The van der Waals surface area contributed by atoms with Gasteiger partial charge < -0.3 is 15.1 Å². The highest BCUT2D eigenvalue weighted by Gasteiger charge is 2.17. The number of nitrogens with zero attached hydrogens (tertiary/aromatic N) is 4. The Balaban J connectivity index is 1.84. The van der Waals surface area contributed by atoms with Gasteiger partial charge in [-0.25, -0.2) is 4.98 Å². The normalized spacial score (nSPS) is 15.7. The lowest BCUT2D eigenvalue weighted by atomic mass is 10.1. The summed E-state index contributed by atoms with van der Waals surface area (Å²) in [5.74, 6) is 1.69. The van der Waals surface area contributed by atoms with E-state index in [1.807, 2.05) is 13.0 Å². The van der Waals surface area contributed by atoms with Gasteiger partial charge in [0.05, 0.1) is 0 Å². The predicted molar refractivity (Wildman–Crippen MR) is 95.7 cm³/mol. The second-order valence-corrected chi connectivity index (χ2v) is 6.36. The van der Waals surface area contributed by atoms with Gasteiger partial charge in [-0.05, 0) is 45.0 Å². The maximum absolute atomic E-state index is 4.73. The summed E-state index contributed by atoms with van der Waals surface area (Å²) in [7, 11) is 2.15. The van der Waals surface area contributed by atoms with Crippen molar-refractivity contribution in [2.45, 2.75) is 20.8 Å². The Kier molecular flexibility index (Phi) is 4.48. The molecule has 122 valence electrons. The third-order valence-electron chi connectivity index (χ3n) is 4.50. The van der Waals surface area contributed by atoms with E-state index >= 15 is 0 Å². The molecule has 1 saturated heterocycles. The first-order valence-corrected chi connectivity index (χ1v) is 8.15. The summed E-state index contributed by atoms with van der Waals surface area (Å²) >= 11 is 0. The van der Waals surface area contributed by atoms with Crippen molar-refractivity contribution in [3.05, 3.63) is 41.1 Å². The zero-order chi connectivity index (χ0) is 16.4. The van der Waals surface area contributed by atoms with Crippen LogP contribution < -0.4 is 10.2 Å². The second kappa shape index (κ2) is 6.54. The molecular weight excluding hydrogens is 286 g/mol. The first-order valence-electron chi connectivity index (χ1n) is 8.15. The summed E-state index contributed by atoms with van der Waals surface area (Å²) < 4.78 is 0. The molecule has 23 heavy (non-hydrogen) atoms. The molecule has 0 unspecified atom stereocenters. The molecule has 1 aromatic carbocycles. The minimum Gasteiger partial charge on any atom is -0.340 e. The summed E-state index contributed by atoms with van der Waals surface area (Å²) in [6.07, 6.45) is 0. The van der Waals surface area contributed by atoms with Crippen molar-refractivity contribution in [3.8, 4) is 0 Å². The van der Waals surface area contributed by atoms with Crippen molar-refractivity contribution in [3.63, 3.8) is 0 Å². The van der Waals surface area contributed by atoms with E-state index in [1.165, 1.54) is 11.1 Å². The highest BCUT2D eigenvalue weighted by Crippen LogP contribution is 2.23. The Morgan fingerprint density at radius 2 is 1.74 bits per heavy atom. The van der Waals surface area contributed by atoms with Crippen LogP contribution in [0.5, 0.6) is 0 Å².